The smallest absolute Gasteiger partial charge is 1.00 e. The molecule has 0 nitrogen and oxygen atoms in total. The molecule has 146 valence electrons. The van der Waals surface area contributed by atoms with E-state index in [9.17, 15) is 0 Å². The fourth-order valence-corrected chi connectivity index (χ4v) is 10.5. The third kappa shape index (κ3) is 4.27. The number of benzene rings is 1. The van der Waals surface area contributed by atoms with E-state index in [2.05, 4.69) is 78.8 Å². The minimum atomic E-state index is -0.745. The second-order valence-corrected chi connectivity index (χ2v) is 12.5. The summed E-state index contributed by atoms with van der Waals surface area (Å²) < 4.78 is 1.15. The Kier molecular flexibility index (Phi) is 8.87. The maximum Gasteiger partial charge on any atom is -1.00 e. The first kappa shape index (κ1) is 24.9. The van der Waals surface area contributed by atoms with Crippen LogP contribution >= 0.6 is 0 Å². The van der Waals surface area contributed by atoms with E-state index < -0.39 is 23.2 Å². The molecule has 3 rings (SSSR count). The summed E-state index contributed by atoms with van der Waals surface area (Å²) in [6.07, 6.45) is 5.06. The normalized spacial score (nSPS) is 20.1. The fourth-order valence-electron chi connectivity index (χ4n) is 4.79. The molecular weight excluding hydrogens is 450 g/mol. The Labute approximate surface area is 190 Å². The molecule has 0 heterocycles. The van der Waals surface area contributed by atoms with E-state index in [1.165, 1.54) is 18.4 Å². The Morgan fingerprint density at radius 3 is 2.04 bits per heavy atom. The molecule has 1 aromatic rings. The van der Waals surface area contributed by atoms with Gasteiger partial charge < -0.3 is 24.8 Å². The van der Waals surface area contributed by atoms with Crippen LogP contribution in [0.15, 0.2) is 52.1 Å². The van der Waals surface area contributed by atoms with Gasteiger partial charge in [-0.2, -0.15) is 0 Å². The van der Waals surface area contributed by atoms with E-state index >= 15 is 0 Å². The molecule has 27 heavy (non-hydrogen) atoms. The molecular formula is C24H32Cl2Zr. The van der Waals surface area contributed by atoms with Crippen molar-refractivity contribution in [2.45, 2.75) is 68.1 Å². The van der Waals surface area contributed by atoms with Crippen LogP contribution in [-0.4, -0.2) is 0 Å². The Morgan fingerprint density at radius 1 is 0.963 bits per heavy atom. The van der Waals surface area contributed by atoms with Crippen molar-refractivity contribution < 1.29 is 48.0 Å². The largest absolute Gasteiger partial charge is 1.00 e. The van der Waals surface area contributed by atoms with Crippen molar-refractivity contribution >= 4 is 6.08 Å². The average Bonchev–Trinajstić information content (AvgIpc) is 2.99. The summed E-state index contributed by atoms with van der Waals surface area (Å²) in [5.41, 5.74) is 11.3. The Bertz CT molecular complexity index is 759. The van der Waals surface area contributed by atoms with Gasteiger partial charge >= 0.3 is 167 Å². The molecule has 0 amide bonds. The van der Waals surface area contributed by atoms with Gasteiger partial charge in [-0.25, -0.2) is 0 Å². The fraction of sp³-hybridized carbons (Fsp3) is 0.500. The quantitative estimate of drug-likeness (QED) is 0.597. The van der Waals surface area contributed by atoms with E-state index in [0.717, 1.165) is 9.54 Å². The third-order valence-electron chi connectivity index (χ3n) is 6.55. The Hall–Kier alpha value is -0.0969. The van der Waals surface area contributed by atoms with Crippen LogP contribution in [0.1, 0.15) is 76.1 Å². The summed E-state index contributed by atoms with van der Waals surface area (Å²) in [6.45, 7) is 16.7. The number of hydrogen-bond donors (Lipinski definition) is 0. The summed E-state index contributed by atoms with van der Waals surface area (Å²) in [6, 6.07) is 9.17. The van der Waals surface area contributed by atoms with Crippen molar-refractivity contribution in [3.63, 3.8) is 0 Å². The Morgan fingerprint density at radius 2 is 1.52 bits per heavy atom. The molecule has 0 saturated carbocycles. The van der Waals surface area contributed by atoms with Crippen LogP contribution in [0.25, 0.3) is 6.08 Å². The summed E-state index contributed by atoms with van der Waals surface area (Å²) >= 11 is -0.745. The maximum atomic E-state index is 2.52. The van der Waals surface area contributed by atoms with Gasteiger partial charge in [0.15, 0.2) is 0 Å². The van der Waals surface area contributed by atoms with Crippen LogP contribution in [0.3, 0.4) is 0 Å². The van der Waals surface area contributed by atoms with Crippen LogP contribution in [0.5, 0.6) is 0 Å². The summed E-state index contributed by atoms with van der Waals surface area (Å²) in [4.78, 5) is 0. The average molecular weight is 483 g/mol. The van der Waals surface area contributed by atoms with Gasteiger partial charge in [-0.05, 0) is 0 Å². The van der Waals surface area contributed by atoms with Crippen LogP contribution in [-0.2, 0) is 23.2 Å². The summed E-state index contributed by atoms with van der Waals surface area (Å²) in [5, 5.41) is 0. The predicted molar refractivity (Wildman–Crippen MR) is 106 cm³/mol. The molecule has 3 heteroatoms. The molecule has 0 fully saturated rings. The SMILES string of the molecule is CC[C]1([Zr+2][CH]2C(CC(C)C)=Cc3ccccc32)C(C)=C(C)C(C)=C1C.[Cl-].[Cl-]. The molecule has 0 saturated heterocycles. The van der Waals surface area contributed by atoms with Crippen LogP contribution < -0.4 is 24.8 Å². The Balaban J connectivity index is 0.00000182. The second kappa shape index (κ2) is 9.60. The van der Waals surface area contributed by atoms with Gasteiger partial charge in [0, 0.05) is 0 Å². The number of rotatable bonds is 5. The van der Waals surface area contributed by atoms with Crippen molar-refractivity contribution in [3.8, 4) is 0 Å². The molecule has 0 aliphatic heterocycles. The van der Waals surface area contributed by atoms with Crippen LogP contribution in [0, 0.1) is 5.92 Å². The first-order valence-corrected chi connectivity index (χ1v) is 12.4. The van der Waals surface area contributed by atoms with E-state index in [4.69, 9.17) is 0 Å². The van der Waals surface area contributed by atoms with E-state index in [0.29, 0.717) is 3.12 Å². The van der Waals surface area contributed by atoms with Gasteiger partial charge in [-0.15, -0.1) is 0 Å². The summed E-state index contributed by atoms with van der Waals surface area (Å²) in [5.74, 6) is 0.736. The van der Waals surface area contributed by atoms with Gasteiger partial charge in [-0.1, -0.05) is 0 Å². The molecule has 1 aromatic carbocycles. The van der Waals surface area contributed by atoms with Crippen molar-refractivity contribution in [2.24, 2.45) is 5.92 Å². The predicted octanol–water partition coefficient (Wildman–Crippen LogP) is 1.52. The first-order valence-electron chi connectivity index (χ1n) is 9.75. The molecule has 2 aliphatic carbocycles. The van der Waals surface area contributed by atoms with Crippen molar-refractivity contribution in [2.75, 3.05) is 0 Å². The molecule has 1 unspecified atom stereocenters. The third-order valence-corrected chi connectivity index (χ3v) is 12.9. The monoisotopic (exact) mass is 480 g/mol. The van der Waals surface area contributed by atoms with Crippen LogP contribution in [0.2, 0.25) is 3.12 Å². The topological polar surface area (TPSA) is 0 Å². The maximum absolute atomic E-state index is 2.52. The van der Waals surface area contributed by atoms with Gasteiger partial charge in [0.1, 0.15) is 0 Å². The molecule has 2 aliphatic rings. The van der Waals surface area contributed by atoms with Crippen molar-refractivity contribution in [1.82, 2.24) is 0 Å². The van der Waals surface area contributed by atoms with E-state index in [1.807, 2.05) is 0 Å². The molecule has 0 aromatic heterocycles. The zero-order valence-electron chi connectivity index (χ0n) is 17.7. The van der Waals surface area contributed by atoms with Gasteiger partial charge in [-0.3, -0.25) is 0 Å². The minimum absolute atomic E-state index is 0. The number of halogens is 2. The van der Waals surface area contributed by atoms with Gasteiger partial charge in [0.25, 0.3) is 0 Å². The van der Waals surface area contributed by atoms with E-state index in [-0.39, 0.29) is 24.8 Å². The molecule has 0 bridgehead atoms. The molecule has 1 atom stereocenters. The standard InChI is InChI=1S/C13H15.C11H17.2ClH.Zr/c1-10(2)7-11-8-12-5-3-4-6-13(12)9-11;1-6-11-9(4)7(2)8(3)10(11)5;;;/h3-6,8-10H,7H2,1-2H3;6H2,1-5H3;2*1H;/q;;;;+2/p-2. The number of fused-ring (bicyclic) bond motifs is 1. The minimum Gasteiger partial charge on any atom is -1.00 e. The molecule has 0 radical (unpaired) electrons. The number of hydrogen-bond acceptors (Lipinski definition) is 0. The van der Waals surface area contributed by atoms with Gasteiger partial charge in [0.05, 0.1) is 0 Å². The van der Waals surface area contributed by atoms with E-state index in [1.54, 1.807) is 33.4 Å². The zero-order chi connectivity index (χ0) is 18.4. The zero-order valence-corrected chi connectivity index (χ0v) is 21.7. The van der Waals surface area contributed by atoms with Crippen LogP contribution in [0.4, 0.5) is 0 Å². The second-order valence-electron chi connectivity index (χ2n) is 8.28. The molecule has 0 N–H and O–H groups in total. The summed E-state index contributed by atoms with van der Waals surface area (Å²) in [7, 11) is 0. The van der Waals surface area contributed by atoms with Crippen molar-refractivity contribution in [3.05, 3.63) is 63.3 Å². The number of allylic oxidation sites excluding steroid dienone is 5. The molecule has 0 spiro atoms. The van der Waals surface area contributed by atoms with Crippen molar-refractivity contribution in [1.29, 1.82) is 0 Å². The van der Waals surface area contributed by atoms with Gasteiger partial charge in [0.2, 0.25) is 0 Å². The first-order chi connectivity index (χ1) is 11.8.